The zero-order valence-electron chi connectivity index (χ0n) is 21.8. The first-order chi connectivity index (χ1) is 20.6. The summed E-state index contributed by atoms with van der Waals surface area (Å²) in [6.07, 6.45) is 3.82. The van der Waals surface area contributed by atoms with Crippen LogP contribution in [0, 0.1) is 10.1 Å². The van der Waals surface area contributed by atoms with Crippen LogP contribution in [0.4, 0.5) is 11.4 Å². The van der Waals surface area contributed by atoms with Crippen molar-refractivity contribution in [2.45, 2.75) is 0 Å². The molecule has 0 unspecified atom stereocenters. The van der Waals surface area contributed by atoms with E-state index in [4.69, 9.17) is 27.9 Å². The number of ether oxygens (including phenoxy) is 1. The number of benzene rings is 4. The predicted octanol–water partition coefficient (Wildman–Crippen LogP) is 7.30. The number of carbonyl (C=O) groups is 3. The molecule has 0 saturated heterocycles. The Kier molecular flexibility index (Phi) is 10.4. The van der Waals surface area contributed by atoms with Gasteiger partial charge < -0.3 is 10.1 Å². The van der Waals surface area contributed by atoms with Crippen molar-refractivity contribution in [3.8, 4) is 5.75 Å². The molecule has 4 aromatic rings. The summed E-state index contributed by atoms with van der Waals surface area (Å²) in [5.74, 6) is -1.62. The average Bonchev–Trinajstić information content (AvgIpc) is 2.97. The van der Waals surface area contributed by atoms with Crippen LogP contribution in [0.3, 0.4) is 0 Å². The molecule has 0 aliphatic rings. The molecule has 10 nitrogen and oxygen atoms in total. The number of nitro benzene ring substituents is 1. The second-order valence-corrected chi connectivity index (χ2v) is 10.4. The topological polar surface area (TPSA) is 140 Å². The molecule has 43 heavy (non-hydrogen) atoms. The Morgan fingerprint density at radius 3 is 2.49 bits per heavy atom. The van der Waals surface area contributed by atoms with Crippen LogP contribution in [0.5, 0.6) is 5.75 Å². The lowest BCUT2D eigenvalue weighted by molar-refractivity contribution is -0.384. The molecular weight excluding hydrogens is 663 g/mol. The Labute approximate surface area is 263 Å². The summed E-state index contributed by atoms with van der Waals surface area (Å²) in [6, 6.07) is 21.3. The molecule has 0 saturated carbocycles. The number of carbonyl (C=O) groups excluding carboxylic acids is 3. The number of nitro groups is 1. The van der Waals surface area contributed by atoms with Crippen LogP contribution >= 0.6 is 39.1 Å². The molecule has 4 rings (SSSR count). The van der Waals surface area contributed by atoms with Gasteiger partial charge in [0.15, 0.2) is 0 Å². The van der Waals surface area contributed by atoms with Gasteiger partial charge in [-0.05, 0) is 66.2 Å². The van der Waals surface area contributed by atoms with Gasteiger partial charge in [-0.3, -0.25) is 19.7 Å². The van der Waals surface area contributed by atoms with E-state index in [1.807, 2.05) is 0 Å². The second-order valence-electron chi connectivity index (χ2n) is 8.65. The lowest BCUT2D eigenvalue weighted by Gasteiger charge is -2.09. The molecule has 2 N–H and O–H groups in total. The highest BCUT2D eigenvalue weighted by Crippen LogP contribution is 2.24. The molecule has 0 fully saturated rings. The summed E-state index contributed by atoms with van der Waals surface area (Å²) in [5, 5.41) is 18.2. The van der Waals surface area contributed by atoms with Crippen LogP contribution < -0.4 is 15.5 Å². The van der Waals surface area contributed by atoms with E-state index in [1.54, 1.807) is 36.4 Å². The van der Waals surface area contributed by atoms with Gasteiger partial charge in [0.25, 0.3) is 17.5 Å². The molecule has 4 aromatic carbocycles. The lowest BCUT2D eigenvalue weighted by atomic mass is 10.1. The summed E-state index contributed by atoms with van der Waals surface area (Å²) in [5.41, 5.74) is 3.89. The van der Waals surface area contributed by atoms with E-state index in [-0.39, 0.29) is 27.6 Å². The molecule has 0 heterocycles. The van der Waals surface area contributed by atoms with Crippen LogP contribution in [0.15, 0.2) is 101 Å². The summed E-state index contributed by atoms with van der Waals surface area (Å²) < 4.78 is 6.07. The monoisotopic (exact) mass is 680 g/mol. The SMILES string of the molecule is O=C(/C=C/c1cccc([N+](=O)[O-])c1)Oc1ccc(Br)cc1C=NNC(=O)c1cccc(NC(=O)c2ccc(Cl)cc2Cl)c1. The van der Waals surface area contributed by atoms with Crippen molar-refractivity contribution in [2.24, 2.45) is 5.10 Å². The number of nitrogens with one attached hydrogen (secondary N) is 2. The van der Waals surface area contributed by atoms with E-state index in [2.05, 4.69) is 31.8 Å². The third-order valence-corrected chi connectivity index (χ3v) is 6.64. The van der Waals surface area contributed by atoms with E-state index in [1.165, 1.54) is 60.8 Å². The number of esters is 1. The van der Waals surface area contributed by atoms with Crippen LogP contribution in [-0.4, -0.2) is 28.9 Å². The van der Waals surface area contributed by atoms with Crippen molar-refractivity contribution in [3.05, 3.63) is 138 Å². The number of hydrazone groups is 1. The molecule has 0 atom stereocenters. The Morgan fingerprint density at radius 2 is 1.72 bits per heavy atom. The fraction of sp³-hybridized carbons (Fsp3) is 0. The zero-order valence-corrected chi connectivity index (χ0v) is 24.9. The highest BCUT2D eigenvalue weighted by Gasteiger charge is 2.13. The van der Waals surface area contributed by atoms with Crippen molar-refractivity contribution in [1.29, 1.82) is 0 Å². The van der Waals surface area contributed by atoms with Gasteiger partial charge in [0.2, 0.25) is 0 Å². The van der Waals surface area contributed by atoms with Gasteiger partial charge >= 0.3 is 5.97 Å². The Bertz CT molecular complexity index is 1790. The molecular formula is C30H19BrCl2N4O6. The fourth-order valence-electron chi connectivity index (χ4n) is 3.60. The summed E-state index contributed by atoms with van der Waals surface area (Å²) in [6.45, 7) is 0. The summed E-state index contributed by atoms with van der Waals surface area (Å²) in [4.78, 5) is 48.2. The molecule has 0 aliphatic heterocycles. The first-order valence-corrected chi connectivity index (χ1v) is 13.8. The number of nitrogens with zero attached hydrogens (tertiary/aromatic N) is 2. The van der Waals surface area contributed by atoms with Crippen molar-refractivity contribution in [1.82, 2.24) is 5.43 Å². The average molecular weight is 682 g/mol. The first kappa shape index (κ1) is 31.1. The van der Waals surface area contributed by atoms with Gasteiger partial charge in [-0.2, -0.15) is 5.10 Å². The largest absolute Gasteiger partial charge is 0.423 e. The highest BCUT2D eigenvalue weighted by atomic mass is 79.9. The van der Waals surface area contributed by atoms with Crippen molar-refractivity contribution < 1.29 is 24.0 Å². The minimum absolute atomic E-state index is 0.108. The first-order valence-electron chi connectivity index (χ1n) is 12.2. The number of amides is 2. The Morgan fingerprint density at radius 1 is 0.930 bits per heavy atom. The lowest BCUT2D eigenvalue weighted by Crippen LogP contribution is -2.18. The van der Waals surface area contributed by atoms with Gasteiger partial charge in [-0.25, -0.2) is 10.2 Å². The molecule has 0 radical (unpaired) electrons. The smallest absolute Gasteiger partial charge is 0.336 e. The van der Waals surface area contributed by atoms with Crippen molar-refractivity contribution >= 4 is 80.6 Å². The maximum atomic E-state index is 12.7. The maximum absolute atomic E-state index is 12.7. The van der Waals surface area contributed by atoms with E-state index in [9.17, 15) is 24.5 Å². The normalized spacial score (nSPS) is 11.0. The number of anilines is 1. The van der Waals surface area contributed by atoms with Gasteiger partial charge in [-0.15, -0.1) is 0 Å². The van der Waals surface area contributed by atoms with Gasteiger partial charge in [0.05, 0.1) is 21.7 Å². The number of rotatable bonds is 9. The van der Waals surface area contributed by atoms with Crippen LogP contribution in [0.25, 0.3) is 6.08 Å². The third-order valence-electron chi connectivity index (χ3n) is 5.60. The molecule has 216 valence electrons. The van der Waals surface area contributed by atoms with E-state index >= 15 is 0 Å². The van der Waals surface area contributed by atoms with Crippen molar-refractivity contribution in [3.63, 3.8) is 0 Å². The number of non-ortho nitro benzene ring substituents is 1. The van der Waals surface area contributed by atoms with Gasteiger partial charge in [0.1, 0.15) is 5.75 Å². The van der Waals surface area contributed by atoms with E-state index in [0.717, 1.165) is 6.08 Å². The predicted molar refractivity (Wildman–Crippen MR) is 168 cm³/mol. The number of hydrogen-bond acceptors (Lipinski definition) is 7. The minimum atomic E-state index is -0.730. The number of hydrogen-bond donors (Lipinski definition) is 2. The minimum Gasteiger partial charge on any atom is -0.423 e. The summed E-state index contributed by atoms with van der Waals surface area (Å²) in [7, 11) is 0. The maximum Gasteiger partial charge on any atom is 0.336 e. The van der Waals surface area contributed by atoms with E-state index < -0.39 is 22.7 Å². The third kappa shape index (κ3) is 8.82. The van der Waals surface area contributed by atoms with Crippen LogP contribution in [-0.2, 0) is 4.79 Å². The van der Waals surface area contributed by atoms with Crippen LogP contribution in [0.1, 0.15) is 31.8 Å². The zero-order chi connectivity index (χ0) is 30.9. The van der Waals surface area contributed by atoms with Crippen LogP contribution in [0.2, 0.25) is 10.0 Å². The standard InChI is InChI=1S/C30H19BrCl2N4O6/c31-21-8-11-27(43-28(38)12-7-18-3-1-6-24(13-18)37(41)42)20(14-21)17-34-36-29(39)19-4-2-5-23(15-19)35-30(40)25-10-9-22(32)16-26(25)33/h1-17H,(H,35,40)(H,36,39)/b12-7+,34-17?. The van der Waals surface area contributed by atoms with Gasteiger partial charge in [0, 0.05) is 44.5 Å². The quantitative estimate of drug-likeness (QED) is 0.0475. The molecule has 2 amide bonds. The summed E-state index contributed by atoms with van der Waals surface area (Å²) >= 11 is 15.3. The molecule has 0 bridgehead atoms. The Balaban J connectivity index is 1.40. The molecule has 0 spiro atoms. The second kappa shape index (κ2) is 14.4. The number of halogens is 3. The highest BCUT2D eigenvalue weighted by molar-refractivity contribution is 9.10. The molecule has 0 aliphatic carbocycles. The Hall–Kier alpha value is -4.84. The fourth-order valence-corrected chi connectivity index (χ4v) is 4.47. The van der Waals surface area contributed by atoms with E-state index in [0.29, 0.717) is 26.3 Å². The van der Waals surface area contributed by atoms with Gasteiger partial charge in [-0.1, -0.05) is 57.3 Å². The van der Waals surface area contributed by atoms with Crippen molar-refractivity contribution in [2.75, 3.05) is 5.32 Å². The molecule has 13 heteroatoms. The molecule has 0 aromatic heterocycles.